The van der Waals surface area contributed by atoms with Gasteiger partial charge in [-0.25, -0.2) is 8.42 Å². The third kappa shape index (κ3) is 7.94. The minimum absolute atomic E-state index is 0.0376. The lowest BCUT2D eigenvalue weighted by Crippen LogP contribution is -2.46. The first-order valence-electron chi connectivity index (χ1n) is 11.5. The van der Waals surface area contributed by atoms with Crippen LogP contribution in [0.4, 0.5) is 26.3 Å². The lowest BCUT2D eigenvalue weighted by Gasteiger charge is -2.39. The first-order chi connectivity index (χ1) is 17.0. The van der Waals surface area contributed by atoms with Crippen molar-refractivity contribution in [1.82, 2.24) is 9.80 Å². The Morgan fingerprint density at radius 3 is 2.08 bits per heavy atom. The Labute approximate surface area is 212 Å². The first-order valence-corrected chi connectivity index (χ1v) is 13.6. The average molecular weight is 551 g/mol. The second-order valence-electron chi connectivity index (χ2n) is 9.45. The van der Waals surface area contributed by atoms with Crippen LogP contribution in [-0.2, 0) is 33.5 Å². The molecule has 37 heavy (non-hydrogen) atoms. The van der Waals surface area contributed by atoms with Crippen molar-refractivity contribution in [2.24, 2.45) is 5.92 Å². The lowest BCUT2D eigenvalue weighted by atomic mass is 9.79. The topological polar surface area (TPSA) is 57.7 Å². The molecule has 1 aliphatic rings. The summed E-state index contributed by atoms with van der Waals surface area (Å²) in [6.45, 7) is 0.696. The van der Waals surface area contributed by atoms with Crippen molar-refractivity contribution in [3.8, 4) is 0 Å². The van der Waals surface area contributed by atoms with E-state index in [4.69, 9.17) is 0 Å². The average Bonchev–Trinajstić information content (AvgIpc) is 2.81. The van der Waals surface area contributed by atoms with Gasteiger partial charge in [0.25, 0.3) is 0 Å². The molecule has 204 valence electrons. The van der Waals surface area contributed by atoms with Gasteiger partial charge in [0.15, 0.2) is 0 Å². The zero-order valence-corrected chi connectivity index (χ0v) is 21.1. The normalized spacial score (nSPS) is 19.6. The van der Waals surface area contributed by atoms with Crippen LogP contribution in [0.15, 0.2) is 48.5 Å². The monoisotopic (exact) mass is 550 g/mol. The molecule has 0 aromatic heterocycles. The molecule has 2 aromatic carbocycles. The summed E-state index contributed by atoms with van der Waals surface area (Å²) in [4.78, 5) is 16.5. The molecule has 0 aliphatic carbocycles. The van der Waals surface area contributed by atoms with Crippen LogP contribution in [-0.4, -0.2) is 62.8 Å². The van der Waals surface area contributed by atoms with Crippen molar-refractivity contribution in [3.63, 3.8) is 0 Å². The van der Waals surface area contributed by atoms with Gasteiger partial charge in [0.1, 0.15) is 9.84 Å². The summed E-state index contributed by atoms with van der Waals surface area (Å²) >= 11 is 0. The van der Waals surface area contributed by atoms with Crippen LogP contribution in [0.25, 0.3) is 0 Å². The third-order valence-corrected chi connectivity index (χ3v) is 7.39. The zero-order valence-electron chi connectivity index (χ0n) is 20.3. The Morgan fingerprint density at radius 2 is 1.57 bits per heavy atom. The number of halogens is 6. The number of alkyl halides is 6. The van der Waals surface area contributed by atoms with E-state index in [0.717, 1.165) is 16.7 Å². The zero-order chi connectivity index (χ0) is 27.6. The molecular formula is C25H28F6N2O3S. The predicted octanol–water partition coefficient (Wildman–Crippen LogP) is 4.83. The van der Waals surface area contributed by atoms with Gasteiger partial charge in [0.05, 0.1) is 16.9 Å². The van der Waals surface area contributed by atoms with Gasteiger partial charge in [-0.2, -0.15) is 26.3 Å². The summed E-state index contributed by atoms with van der Waals surface area (Å²) in [5, 5.41) is 0. The van der Waals surface area contributed by atoms with Crippen LogP contribution in [0.5, 0.6) is 0 Å². The molecule has 0 N–H and O–H groups in total. The Morgan fingerprint density at radius 1 is 1.00 bits per heavy atom. The summed E-state index contributed by atoms with van der Waals surface area (Å²) in [6, 6.07) is 10.4. The Hall–Kier alpha value is -2.60. The Kier molecular flexibility index (Phi) is 8.63. The van der Waals surface area contributed by atoms with Gasteiger partial charge >= 0.3 is 12.4 Å². The number of piperidine rings is 1. The van der Waals surface area contributed by atoms with E-state index in [9.17, 15) is 39.6 Å². The molecule has 0 saturated carbocycles. The van der Waals surface area contributed by atoms with Gasteiger partial charge in [-0.1, -0.05) is 30.3 Å². The molecule has 1 saturated heterocycles. The van der Waals surface area contributed by atoms with E-state index in [0.29, 0.717) is 38.2 Å². The molecule has 5 nitrogen and oxygen atoms in total. The number of carbonyl (C=O) groups is 1. The van der Waals surface area contributed by atoms with Crippen LogP contribution in [0.1, 0.15) is 34.6 Å². The minimum Gasteiger partial charge on any atom is -0.341 e. The lowest BCUT2D eigenvalue weighted by molar-refractivity contribution is -0.143. The Bertz CT molecular complexity index is 1170. The summed E-state index contributed by atoms with van der Waals surface area (Å²) in [5.41, 5.74) is -2.30. The highest BCUT2D eigenvalue weighted by molar-refractivity contribution is 7.90. The molecule has 1 amide bonds. The number of sulfone groups is 1. The van der Waals surface area contributed by atoms with Gasteiger partial charge in [-0.15, -0.1) is 0 Å². The van der Waals surface area contributed by atoms with Crippen molar-refractivity contribution in [1.29, 1.82) is 0 Å². The standard InChI is InChI=1S/C25H28F6N2O3S/c1-32(15-17-12-19(24(26,27)28)14-20(13-17)25(29,30)31)23(34)21-8-9-33(10-11-37(2,35)36)16-22(21)18-6-4-3-5-7-18/h3-7,12-14,21-22H,8-11,15-16H2,1-2H3/t21-,22+/m1/s1. The maximum Gasteiger partial charge on any atom is 0.416 e. The first kappa shape index (κ1) is 29.0. The summed E-state index contributed by atoms with van der Waals surface area (Å²) < 4.78 is 103. The molecule has 0 radical (unpaired) electrons. The molecule has 2 aromatic rings. The molecule has 0 bridgehead atoms. The molecule has 3 rings (SSSR count). The van der Waals surface area contributed by atoms with E-state index in [-0.39, 0.29) is 23.3 Å². The SMILES string of the molecule is CN(Cc1cc(C(F)(F)F)cc(C(F)(F)F)c1)C(=O)[C@@H]1CCN(CCS(C)(=O)=O)C[C@H]1c1ccccc1. The fraction of sp³-hybridized carbons (Fsp3) is 0.480. The second-order valence-corrected chi connectivity index (χ2v) is 11.7. The highest BCUT2D eigenvalue weighted by atomic mass is 32.2. The predicted molar refractivity (Wildman–Crippen MR) is 126 cm³/mol. The minimum atomic E-state index is -4.98. The van der Waals surface area contributed by atoms with Crippen molar-refractivity contribution in [2.75, 3.05) is 38.7 Å². The van der Waals surface area contributed by atoms with Gasteiger partial charge in [0, 0.05) is 44.8 Å². The number of hydrogen-bond acceptors (Lipinski definition) is 4. The number of hydrogen-bond donors (Lipinski definition) is 0. The van der Waals surface area contributed by atoms with Crippen molar-refractivity contribution in [3.05, 3.63) is 70.8 Å². The highest BCUT2D eigenvalue weighted by Crippen LogP contribution is 2.37. The molecule has 12 heteroatoms. The van der Waals surface area contributed by atoms with E-state index in [1.165, 1.54) is 7.05 Å². The summed E-state index contributed by atoms with van der Waals surface area (Å²) in [7, 11) is -1.83. The van der Waals surface area contributed by atoms with Crippen LogP contribution in [0, 0.1) is 5.92 Å². The smallest absolute Gasteiger partial charge is 0.341 e. The molecule has 2 atom stereocenters. The van der Waals surface area contributed by atoms with Crippen LogP contribution >= 0.6 is 0 Å². The van der Waals surface area contributed by atoms with Crippen molar-refractivity contribution in [2.45, 2.75) is 31.2 Å². The highest BCUT2D eigenvalue weighted by Gasteiger charge is 2.39. The van der Waals surface area contributed by atoms with Gasteiger partial charge < -0.3 is 9.80 Å². The second kappa shape index (κ2) is 11.0. The van der Waals surface area contributed by atoms with E-state index in [2.05, 4.69) is 0 Å². The number of likely N-dealkylation sites (tertiary alicyclic amines) is 1. The number of nitrogens with zero attached hydrogens (tertiary/aromatic N) is 2. The number of amides is 1. The van der Waals surface area contributed by atoms with E-state index in [1.807, 2.05) is 23.1 Å². The fourth-order valence-corrected chi connectivity index (χ4v) is 5.19. The molecule has 0 unspecified atom stereocenters. The van der Waals surface area contributed by atoms with Crippen molar-refractivity contribution < 1.29 is 39.6 Å². The fourth-order valence-electron chi connectivity index (χ4n) is 4.60. The maximum atomic E-state index is 13.4. The van der Waals surface area contributed by atoms with Gasteiger partial charge in [-0.05, 0) is 42.3 Å². The van der Waals surface area contributed by atoms with Crippen LogP contribution < -0.4 is 0 Å². The van der Waals surface area contributed by atoms with E-state index < -0.39 is 51.7 Å². The van der Waals surface area contributed by atoms with E-state index >= 15 is 0 Å². The van der Waals surface area contributed by atoms with Crippen LogP contribution in [0.3, 0.4) is 0 Å². The maximum absolute atomic E-state index is 13.4. The van der Waals surface area contributed by atoms with Crippen molar-refractivity contribution >= 4 is 15.7 Å². The quantitative estimate of drug-likeness (QED) is 0.464. The Balaban J connectivity index is 1.84. The molecule has 1 heterocycles. The molecular weight excluding hydrogens is 522 g/mol. The van der Waals surface area contributed by atoms with E-state index in [1.54, 1.807) is 12.1 Å². The summed E-state index contributed by atoms with van der Waals surface area (Å²) in [6.07, 6.45) is -8.45. The molecule has 1 aliphatic heterocycles. The van der Waals surface area contributed by atoms with Gasteiger partial charge in [0.2, 0.25) is 5.91 Å². The largest absolute Gasteiger partial charge is 0.416 e. The van der Waals surface area contributed by atoms with Gasteiger partial charge in [-0.3, -0.25) is 4.79 Å². The molecule has 0 spiro atoms. The summed E-state index contributed by atoms with van der Waals surface area (Å²) in [5.74, 6) is -1.33. The van der Waals surface area contributed by atoms with Crippen LogP contribution in [0.2, 0.25) is 0 Å². The third-order valence-electron chi connectivity index (χ3n) is 6.46. The molecule has 1 fully saturated rings. The number of benzene rings is 2. The number of rotatable bonds is 7. The number of carbonyl (C=O) groups excluding carboxylic acids is 1.